The number of hydrogen-bond acceptors (Lipinski definition) is 4. The molecule has 0 amide bonds. The largest absolute Gasteiger partial charge is 1.00 e. The molecule has 0 spiro atoms. The Labute approximate surface area is 97.1 Å². The van der Waals surface area contributed by atoms with Crippen LogP contribution in [0.2, 0.25) is 0 Å². The summed E-state index contributed by atoms with van der Waals surface area (Å²) in [5.41, 5.74) is 0. The lowest BCUT2D eigenvalue weighted by molar-refractivity contribution is -0.870. The minimum absolute atomic E-state index is 0. The van der Waals surface area contributed by atoms with Crippen molar-refractivity contribution < 1.29 is 42.8 Å². The van der Waals surface area contributed by atoms with Crippen LogP contribution in [0, 0.1) is 0 Å². The molecule has 0 heterocycles. The van der Waals surface area contributed by atoms with Crippen LogP contribution in [0.25, 0.3) is 0 Å². The van der Waals surface area contributed by atoms with Crippen LogP contribution in [0.3, 0.4) is 0 Å². The fraction of sp³-hybridized carbons (Fsp3) is 1.00. The monoisotopic (exact) mass is 249 g/mol. The Kier molecular flexibility index (Phi) is 22.8. The van der Waals surface area contributed by atoms with E-state index in [9.17, 15) is 0 Å². The van der Waals surface area contributed by atoms with E-state index in [1.807, 2.05) is 0 Å². The Morgan fingerprint density at radius 2 is 1.33 bits per heavy atom. The molecule has 98 valence electrons. The van der Waals surface area contributed by atoms with Gasteiger partial charge < -0.3 is 42.8 Å². The SMILES string of the molecule is C[N+](C)(C)CCO.O.OCC(O)CO.[Cl-]. The van der Waals surface area contributed by atoms with E-state index in [0.29, 0.717) is 0 Å². The van der Waals surface area contributed by atoms with Crippen LogP contribution in [0.15, 0.2) is 0 Å². The summed E-state index contributed by atoms with van der Waals surface area (Å²) in [6, 6.07) is 0. The Balaban J connectivity index is -0.0000000718. The smallest absolute Gasteiger partial charge is 0.101 e. The van der Waals surface area contributed by atoms with Crippen LogP contribution in [0.1, 0.15) is 0 Å². The molecule has 0 aliphatic rings. The van der Waals surface area contributed by atoms with E-state index in [1.54, 1.807) is 0 Å². The summed E-state index contributed by atoms with van der Waals surface area (Å²) in [4.78, 5) is 0. The molecule has 6 N–H and O–H groups in total. The van der Waals surface area contributed by atoms with E-state index in [0.717, 1.165) is 11.0 Å². The summed E-state index contributed by atoms with van der Waals surface area (Å²) < 4.78 is 0.844. The van der Waals surface area contributed by atoms with Gasteiger partial charge in [0, 0.05) is 0 Å². The topological polar surface area (TPSA) is 112 Å². The van der Waals surface area contributed by atoms with Gasteiger partial charge in [0.15, 0.2) is 0 Å². The average molecular weight is 250 g/mol. The second kappa shape index (κ2) is 14.1. The Bertz CT molecular complexity index is 106. The zero-order valence-corrected chi connectivity index (χ0v) is 10.3. The second-order valence-electron chi connectivity index (χ2n) is 3.76. The van der Waals surface area contributed by atoms with Crippen molar-refractivity contribution in [3.8, 4) is 0 Å². The van der Waals surface area contributed by atoms with Crippen LogP contribution >= 0.6 is 0 Å². The third-order valence-corrected chi connectivity index (χ3v) is 1.19. The van der Waals surface area contributed by atoms with Crippen LogP contribution in [-0.4, -0.2) is 84.0 Å². The highest BCUT2D eigenvalue weighted by Gasteiger charge is 2.02. The van der Waals surface area contributed by atoms with Gasteiger partial charge in [0.2, 0.25) is 0 Å². The van der Waals surface area contributed by atoms with E-state index in [1.165, 1.54) is 0 Å². The molecule has 15 heavy (non-hydrogen) atoms. The predicted molar refractivity (Wildman–Crippen MR) is 53.8 cm³/mol. The maximum absolute atomic E-state index is 8.39. The number of quaternary nitrogens is 1. The molecule has 0 radical (unpaired) electrons. The summed E-state index contributed by atoms with van der Waals surface area (Å²) in [6.07, 6.45) is -0.954. The summed E-state index contributed by atoms with van der Waals surface area (Å²) in [5, 5.41) is 32.4. The van der Waals surface area contributed by atoms with Gasteiger partial charge in [-0.25, -0.2) is 0 Å². The first-order valence-corrected chi connectivity index (χ1v) is 4.18. The van der Waals surface area contributed by atoms with E-state index in [-0.39, 0.29) is 37.7 Å². The Morgan fingerprint density at radius 1 is 1.00 bits per heavy atom. The highest BCUT2D eigenvalue weighted by atomic mass is 35.5. The molecule has 0 bridgehead atoms. The second-order valence-corrected chi connectivity index (χ2v) is 3.76. The number of likely N-dealkylation sites (N-methyl/N-ethyl adjacent to an activating group) is 1. The highest BCUT2D eigenvalue weighted by Crippen LogP contribution is 1.84. The highest BCUT2D eigenvalue weighted by molar-refractivity contribution is 4.44. The van der Waals surface area contributed by atoms with Gasteiger partial charge in [-0.1, -0.05) is 0 Å². The normalized spacial score (nSPS) is 9.60. The summed E-state index contributed by atoms with van der Waals surface area (Å²) >= 11 is 0. The first kappa shape index (κ1) is 24.3. The van der Waals surface area contributed by atoms with Gasteiger partial charge in [-0.05, 0) is 0 Å². The molecular weight excluding hydrogens is 226 g/mol. The van der Waals surface area contributed by atoms with E-state index >= 15 is 0 Å². The van der Waals surface area contributed by atoms with Gasteiger partial charge in [-0.2, -0.15) is 0 Å². The van der Waals surface area contributed by atoms with Crippen molar-refractivity contribution in [2.45, 2.75) is 6.10 Å². The van der Waals surface area contributed by atoms with Crippen molar-refractivity contribution in [3.05, 3.63) is 0 Å². The quantitative estimate of drug-likeness (QED) is 0.372. The molecular formula is C8H24ClNO5. The van der Waals surface area contributed by atoms with Crippen LogP contribution in [-0.2, 0) is 0 Å². The van der Waals surface area contributed by atoms with Crippen LogP contribution in [0.5, 0.6) is 0 Å². The number of hydrogen-bond donors (Lipinski definition) is 4. The molecule has 0 saturated heterocycles. The lowest BCUT2D eigenvalue weighted by Crippen LogP contribution is -3.00. The molecule has 0 aliphatic heterocycles. The lowest BCUT2D eigenvalue weighted by Gasteiger charge is -2.21. The zero-order chi connectivity index (χ0) is 10.9. The molecule has 0 atom stereocenters. The first-order valence-electron chi connectivity index (χ1n) is 4.18. The summed E-state index contributed by atoms with van der Waals surface area (Å²) in [5.74, 6) is 0. The number of halogens is 1. The third-order valence-electron chi connectivity index (χ3n) is 1.19. The number of nitrogens with zero attached hydrogens (tertiary/aromatic N) is 1. The van der Waals surface area contributed by atoms with Gasteiger partial charge in [-0.3, -0.25) is 0 Å². The van der Waals surface area contributed by atoms with Crippen molar-refractivity contribution in [3.63, 3.8) is 0 Å². The van der Waals surface area contributed by atoms with E-state index in [2.05, 4.69) is 21.1 Å². The number of rotatable bonds is 4. The number of aliphatic hydroxyl groups is 4. The van der Waals surface area contributed by atoms with Crippen molar-refractivity contribution >= 4 is 0 Å². The first-order chi connectivity index (χ1) is 5.87. The molecule has 6 nitrogen and oxygen atoms in total. The molecule has 0 saturated carbocycles. The maximum atomic E-state index is 8.39. The maximum Gasteiger partial charge on any atom is 0.101 e. The molecule has 0 unspecified atom stereocenters. The van der Waals surface area contributed by atoms with Gasteiger partial charge in [0.25, 0.3) is 0 Å². The minimum Gasteiger partial charge on any atom is -1.00 e. The lowest BCUT2D eigenvalue weighted by atomic mass is 10.4. The van der Waals surface area contributed by atoms with Crippen molar-refractivity contribution in [2.24, 2.45) is 0 Å². The van der Waals surface area contributed by atoms with Crippen molar-refractivity contribution in [2.75, 3.05) is 47.5 Å². The van der Waals surface area contributed by atoms with Gasteiger partial charge in [0.1, 0.15) is 12.6 Å². The molecule has 0 aromatic heterocycles. The molecule has 0 aromatic rings. The fourth-order valence-corrected chi connectivity index (χ4v) is 0.358. The third kappa shape index (κ3) is 31.5. The average Bonchev–Trinajstić information content (AvgIpc) is 2.02. The summed E-state index contributed by atoms with van der Waals surface area (Å²) in [7, 11) is 6.16. The van der Waals surface area contributed by atoms with Gasteiger partial charge in [-0.15, -0.1) is 0 Å². The molecule has 0 fully saturated rings. The summed E-state index contributed by atoms with van der Waals surface area (Å²) in [6.45, 7) is 0.385. The zero-order valence-electron chi connectivity index (χ0n) is 9.52. The van der Waals surface area contributed by atoms with Crippen LogP contribution in [0.4, 0.5) is 0 Å². The predicted octanol–water partition coefficient (Wildman–Crippen LogP) is -5.80. The van der Waals surface area contributed by atoms with Crippen molar-refractivity contribution in [1.29, 1.82) is 0 Å². The van der Waals surface area contributed by atoms with Crippen molar-refractivity contribution in [1.82, 2.24) is 0 Å². The Morgan fingerprint density at radius 3 is 1.33 bits per heavy atom. The molecule has 0 rings (SSSR count). The van der Waals surface area contributed by atoms with E-state index < -0.39 is 6.10 Å². The van der Waals surface area contributed by atoms with Gasteiger partial charge in [0.05, 0.1) is 41.0 Å². The van der Waals surface area contributed by atoms with Crippen LogP contribution < -0.4 is 12.4 Å². The molecule has 0 aliphatic carbocycles. The van der Waals surface area contributed by atoms with E-state index in [4.69, 9.17) is 20.4 Å². The molecule has 0 aromatic carbocycles. The Hall–Kier alpha value is 0.0500. The molecule has 7 heteroatoms. The number of aliphatic hydroxyl groups excluding tert-OH is 4. The standard InChI is InChI=1S/C5H14NO.C3H8O3.ClH.H2O/c1-6(2,3)4-5-7;4-1-3(6)2-5;;/h7H,4-5H2,1-3H3;3-6H,1-2H2;1H;1H2/q+1;;;/p-1. The van der Waals surface area contributed by atoms with Gasteiger partial charge >= 0.3 is 0 Å². The minimum atomic E-state index is -0.954. The fourth-order valence-electron chi connectivity index (χ4n) is 0.358.